The van der Waals surface area contributed by atoms with Gasteiger partial charge in [-0.3, -0.25) is 14.3 Å². The average Bonchev–Trinajstić information content (AvgIpc) is 2.99. The molecule has 1 aromatic carbocycles. The van der Waals surface area contributed by atoms with E-state index in [4.69, 9.17) is 0 Å². The average molecular weight is 379 g/mol. The zero-order chi connectivity index (χ0) is 20.1. The van der Waals surface area contributed by atoms with Crippen molar-refractivity contribution in [1.29, 1.82) is 0 Å². The van der Waals surface area contributed by atoms with Crippen LogP contribution in [0.4, 0.5) is 0 Å². The second-order valence-corrected chi connectivity index (χ2v) is 6.78. The van der Waals surface area contributed by atoms with Crippen LogP contribution in [0.3, 0.4) is 0 Å². The Balaban J connectivity index is 1.83. The highest BCUT2D eigenvalue weighted by molar-refractivity contribution is 5.76. The Morgan fingerprint density at radius 3 is 2.61 bits per heavy atom. The third-order valence-electron chi connectivity index (χ3n) is 4.55. The minimum atomic E-state index is -0.313. The summed E-state index contributed by atoms with van der Waals surface area (Å²) in [6, 6.07) is 12.8. The van der Waals surface area contributed by atoms with Gasteiger partial charge in [0.05, 0.1) is 17.4 Å². The molecule has 1 N–H and O–H groups in total. The number of carbonyl (C=O) groups excluding carboxylic acids is 1. The molecule has 0 bridgehead atoms. The molecule has 2 heterocycles. The Hall–Kier alpha value is -3.22. The summed E-state index contributed by atoms with van der Waals surface area (Å²) >= 11 is 0. The van der Waals surface area contributed by atoms with E-state index in [1.807, 2.05) is 63.2 Å². The summed E-state index contributed by atoms with van der Waals surface area (Å²) in [7, 11) is 0. The first kappa shape index (κ1) is 19.5. The first-order chi connectivity index (χ1) is 13.5. The molecule has 2 aromatic heterocycles. The highest BCUT2D eigenvalue weighted by Crippen LogP contribution is 2.13. The van der Waals surface area contributed by atoms with Crippen molar-refractivity contribution < 1.29 is 4.79 Å². The van der Waals surface area contributed by atoms with E-state index in [0.29, 0.717) is 17.9 Å². The number of para-hydroxylation sites is 1. The summed E-state index contributed by atoms with van der Waals surface area (Å²) in [5, 5.41) is 7.38. The number of aromatic nitrogens is 4. The molecular weight excluding hydrogens is 354 g/mol. The minimum absolute atomic E-state index is 0.0722. The molecule has 0 aliphatic rings. The summed E-state index contributed by atoms with van der Waals surface area (Å²) in [6.07, 6.45) is 3.16. The van der Waals surface area contributed by atoms with E-state index >= 15 is 0 Å². The summed E-state index contributed by atoms with van der Waals surface area (Å²) in [4.78, 5) is 29.9. The molecular formula is C21H25N5O2. The van der Waals surface area contributed by atoms with Crippen LogP contribution in [0.25, 0.3) is 5.69 Å². The Morgan fingerprint density at radius 1 is 1.18 bits per heavy atom. The molecule has 1 amide bonds. The lowest BCUT2D eigenvalue weighted by atomic mass is 10.1. The van der Waals surface area contributed by atoms with E-state index in [1.54, 1.807) is 6.20 Å². The third kappa shape index (κ3) is 4.19. The number of pyridine rings is 1. The van der Waals surface area contributed by atoms with Gasteiger partial charge in [-0.25, -0.2) is 4.79 Å². The first-order valence-corrected chi connectivity index (χ1v) is 9.46. The molecule has 0 unspecified atom stereocenters. The van der Waals surface area contributed by atoms with Crippen LogP contribution in [0.1, 0.15) is 43.4 Å². The summed E-state index contributed by atoms with van der Waals surface area (Å²) in [6.45, 7) is 5.79. The number of hydrogen-bond acceptors (Lipinski definition) is 4. The van der Waals surface area contributed by atoms with Gasteiger partial charge in [-0.2, -0.15) is 4.68 Å². The molecule has 1 atom stereocenters. The van der Waals surface area contributed by atoms with E-state index in [1.165, 1.54) is 9.25 Å². The van der Waals surface area contributed by atoms with Crippen LogP contribution < -0.4 is 11.0 Å². The quantitative estimate of drug-likeness (QED) is 0.684. The molecule has 0 fully saturated rings. The Kier molecular flexibility index (Phi) is 6.03. The normalized spacial score (nSPS) is 12.0. The Morgan fingerprint density at radius 2 is 1.93 bits per heavy atom. The molecule has 0 aliphatic heterocycles. The van der Waals surface area contributed by atoms with E-state index in [9.17, 15) is 9.59 Å². The minimum Gasteiger partial charge on any atom is -0.346 e. The number of benzene rings is 1. The molecule has 0 saturated heterocycles. The fraction of sp³-hybridized carbons (Fsp3) is 0.333. The number of amides is 1. The van der Waals surface area contributed by atoms with Gasteiger partial charge in [0.2, 0.25) is 5.91 Å². The molecule has 28 heavy (non-hydrogen) atoms. The van der Waals surface area contributed by atoms with Gasteiger partial charge in [0, 0.05) is 12.6 Å². The molecule has 0 aliphatic carbocycles. The number of nitrogens with zero attached hydrogens (tertiary/aromatic N) is 4. The zero-order valence-corrected chi connectivity index (χ0v) is 16.4. The monoisotopic (exact) mass is 379 g/mol. The fourth-order valence-corrected chi connectivity index (χ4v) is 3.19. The van der Waals surface area contributed by atoms with Crippen molar-refractivity contribution >= 4 is 5.91 Å². The molecule has 0 radical (unpaired) electrons. The summed E-state index contributed by atoms with van der Waals surface area (Å²) < 4.78 is 2.80. The molecule has 3 rings (SSSR count). The molecule has 146 valence electrons. The molecule has 7 heteroatoms. The molecule has 0 saturated carbocycles. The topological polar surface area (TPSA) is 81.8 Å². The van der Waals surface area contributed by atoms with Gasteiger partial charge < -0.3 is 5.32 Å². The molecule has 7 nitrogen and oxygen atoms in total. The fourth-order valence-electron chi connectivity index (χ4n) is 3.19. The van der Waals surface area contributed by atoms with Crippen molar-refractivity contribution in [3.05, 3.63) is 76.2 Å². The zero-order valence-electron chi connectivity index (χ0n) is 16.4. The molecule has 3 aromatic rings. The highest BCUT2D eigenvalue weighted by Gasteiger charge is 2.18. The second-order valence-electron chi connectivity index (χ2n) is 6.78. The van der Waals surface area contributed by atoms with Gasteiger partial charge in [0.1, 0.15) is 12.4 Å². The lowest BCUT2D eigenvalue weighted by molar-refractivity contribution is -0.122. The van der Waals surface area contributed by atoms with Crippen molar-refractivity contribution in [2.75, 3.05) is 0 Å². The molecule has 0 spiro atoms. The van der Waals surface area contributed by atoms with Crippen LogP contribution in [0.5, 0.6) is 0 Å². The van der Waals surface area contributed by atoms with E-state index in [2.05, 4.69) is 15.4 Å². The van der Waals surface area contributed by atoms with Crippen molar-refractivity contribution in [3.63, 3.8) is 0 Å². The van der Waals surface area contributed by atoms with Crippen molar-refractivity contribution in [3.8, 4) is 5.69 Å². The van der Waals surface area contributed by atoms with E-state index in [-0.39, 0.29) is 24.2 Å². The van der Waals surface area contributed by atoms with Gasteiger partial charge in [0.25, 0.3) is 0 Å². The van der Waals surface area contributed by atoms with Crippen LogP contribution in [-0.2, 0) is 17.8 Å². The lowest BCUT2D eigenvalue weighted by Crippen LogP contribution is -2.35. The van der Waals surface area contributed by atoms with Crippen LogP contribution >= 0.6 is 0 Å². The second kappa shape index (κ2) is 8.65. The first-order valence-electron chi connectivity index (χ1n) is 9.46. The van der Waals surface area contributed by atoms with Crippen LogP contribution in [-0.4, -0.2) is 25.2 Å². The maximum absolute atomic E-state index is 12.9. The predicted octanol–water partition coefficient (Wildman–Crippen LogP) is 2.57. The summed E-state index contributed by atoms with van der Waals surface area (Å²) in [5.74, 6) is 0.359. The number of hydrogen-bond donors (Lipinski definition) is 1. The van der Waals surface area contributed by atoms with Gasteiger partial charge in [-0.05, 0) is 44.0 Å². The van der Waals surface area contributed by atoms with Gasteiger partial charge in [-0.1, -0.05) is 31.2 Å². The standard InChI is InChI=1S/C21H25N5O2/c1-4-9-18-24-26(17-11-6-5-7-12-17)21(28)25(18)14-19(27)23-16(3)20-15(2)10-8-13-22-20/h5-8,10-13,16H,4,9,14H2,1-3H3,(H,23,27)/t16-/m0/s1. The highest BCUT2D eigenvalue weighted by atomic mass is 16.2. The largest absolute Gasteiger partial charge is 0.351 e. The van der Waals surface area contributed by atoms with Crippen molar-refractivity contribution in [1.82, 2.24) is 24.6 Å². The SMILES string of the molecule is CCCc1nn(-c2ccccc2)c(=O)n1CC(=O)N[C@@H](C)c1ncccc1C. The van der Waals surface area contributed by atoms with Gasteiger partial charge in [0.15, 0.2) is 0 Å². The number of aryl methyl sites for hydroxylation is 2. The maximum atomic E-state index is 12.9. The van der Waals surface area contributed by atoms with Crippen molar-refractivity contribution in [2.45, 2.75) is 46.2 Å². The van der Waals surface area contributed by atoms with E-state index < -0.39 is 0 Å². The maximum Gasteiger partial charge on any atom is 0.351 e. The van der Waals surface area contributed by atoms with Crippen LogP contribution in [0.2, 0.25) is 0 Å². The number of carbonyl (C=O) groups is 1. The smallest absolute Gasteiger partial charge is 0.346 e. The number of nitrogens with one attached hydrogen (secondary N) is 1. The predicted molar refractivity (Wildman–Crippen MR) is 107 cm³/mol. The van der Waals surface area contributed by atoms with Crippen LogP contribution in [0.15, 0.2) is 53.5 Å². The Bertz CT molecular complexity index is 1010. The van der Waals surface area contributed by atoms with E-state index in [0.717, 1.165) is 17.7 Å². The summed E-state index contributed by atoms with van der Waals surface area (Å²) in [5.41, 5.74) is 2.20. The van der Waals surface area contributed by atoms with Crippen molar-refractivity contribution in [2.24, 2.45) is 0 Å². The number of rotatable bonds is 7. The third-order valence-corrected chi connectivity index (χ3v) is 4.55. The Labute approximate surface area is 164 Å². The van der Waals surface area contributed by atoms with Gasteiger partial charge >= 0.3 is 5.69 Å². The van der Waals surface area contributed by atoms with Gasteiger partial charge in [-0.15, -0.1) is 5.10 Å². The lowest BCUT2D eigenvalue weighted by Gasteiger charge is -2.15. The van der Waals surface area contributed by atoms with Crippen LogP contribution in [0, 0.1) is 6.92 Å².